The summed E-state index contributed by atoms with van der Waals surface area (Å²) in [7, 11) is 1.54. The lowest BCUT2D eigenvalue weighted by atomic mass is 9.95. The van der Waals surface area contributed by atoms with Gasteiger partial charge in [0.1, 0.15) is 17.9 Å². The molecule has 0 spiro atoms. The zero-order chi connectivity index (χ0) is 30.8. The number of nitrogens with zero attached hydrogens (tertiary/aromatic N) is 3. The van der Waals surface area contributed by atoms with E-state index in [1.807, 2.05) is 103 Å². The number of aliphatic hydroxyl groups is 1. The number of hydrogen-bond donors (Lipinski definition) is 1. The van der Waals surface area contributed by atoms with Crippen molar-refractivity contribution in [2.24, 2.45) is 0 Å². The Hall–Kier alpha value is -5.37. The van der Waals surface area contributed by atoms with E-state index in [-0.39, 0.29) is 23.6 Å². The summed E-state index contributed by atoms with van der Waals surface area (Å²) < 4.78 is 13.6. The van der Waals surface area contributed by atoms with Gasteiger partial charge in [-0.05, 0) is 60.7 Å². The van der Waals surface area contributed by atoms with Gasteiger partial charge in [-0.3, -0.25) is 9.59 Å². The summed E-state index contributed by atoms with van der Waals surface area (Å²) in [6, 6.07) is 27.9. The van der Waals surface area contributed by atoms with Crippen molar-refractivity contribution in [3.8, 4) is 11.5 Å². The zero-order valence-corrected chi connectivity index (χ0v) is 24.9. The van der Waals surface area contributed by atoms with Crippen LogP contribution in [0.15, 0.2) is 103 Å². The van der Waals surface area contributed by atoms with Gasteiger partial charge in [-0.2, -0.15) is 0 Å². The number of benzene rings is 3. The van der Waals surface area contributed by atoms with E-state index in [1.165, 1.54) is 4.90 Å². The summed E-state index contributed by atoms with van der Waals surface area (Å²) in [5.74, 6) is -0.760. The molecule has 1 aliphatic heterocycles. The summed E-state index contributed by atoms with van der Waals surface area (Å²) in [6.07, 6.45) is 2.39. The minimum absolute atomic E-state index is 0.00720. The number of hydrogen-bond acceptors (Lipinski definition) is 6. The van der Waals surface area contributed by atoms with Crippen LogP contribution < -0.4 is 9.47 Å². The molecule has 0 saturated carbocycles. The van der Waals surface area contributed by atoms with Gasteiger partial charge in [-0.25, -0.2) is 4.98 Å². The molecular weight excluding hydrogens is 554 g/mol. The van der Waals surface area contributed by atoms with E-state index in [0.29, 0.717) is 41.4 Å². The number of carbonyl (C=O) groups is 2. The van der Waals surface area contributed by atoms with E-state index in [4.69, 9.17) is 14.5 Å². The van der Waals surface area contributed by atoms with Crippen molar-refractivity contribution in [1.29, 1.82) is 0 Å². The van der Waals surface area contributed by atoms with E-state index >= 15 is 0 Å². The fourth-order valence-electron chi connectivity index (χ4n) is 5.73. The second-order valence-electron chi connectivity index (χ2n) is 10.8. The van der Waals surface area contributed by atoms with Gasteiger partial charge < -0.3 is 23.9 Å². The standard InChI is InChI=1S/C36H33N3O5/c1-23-11-10-19-38-24(2)31(37-35(23)38)33(40)30-32(39(36(42)34(30)41)20-18-25-12-6-4-7-13-25)27-16-17-28(29(21-27)43-3)44-22-26-14-8-5-9-15-26/h4-17,19,21,32,40H,18,20,22H2,1-3H3. The molecule has 1 saturated heterocycles. The zero-order valence-electron chi connectivity index (χ0n) is 24.9. The van der Waals surface area contributed by atoms with Crippen molar-refractivity contribution in [2.45, 2.75) is 32.9 Å². The molecule has 0 aliphatic carbocycles. The predicted molar refractivity (Wildman–Crippen MR) is 168 cm³/mol. The average Bonchev–Trinajstić information content (AvgIpc) is 3.53. The SMILES string of the molecule is COc1cc(C2C(=C(O)c3nc4c(C)cccn4c3C)C(=O)C(=O)N2CCc2ccccc2)ccc1OCc1ccccc1. The quantitative estimate of drug-likeness (QED) is 0.125. The van der Waals surface area contributed by atoms with Crippen molar-refractivity contribution < 1.29 is 24.2 Å². The Bertz CT molecular complexity index is 1880. The van der Waals surface area contributed by atoms with Crippen LogP contribution in [0.1, 0.15) is 39.7 Å². The number of Topliss-reactive ketones (excluding diaryl/α,β-unsaturated/α-hetero) is 1. The van der Waals surface area contributed by atoms with Gasteiger partial charge in [0.05, 0.1) is 24.4 Å². The Kier molecular flexibility index (Phi) is 7.89. The van der Waals surface area contributed by atoms with Crippen molar-refractivity contribution in [3.05, 3.63) is 136 Å². The number of aliphatic hydroxyl groups excluding tert-OH is 1. The first-order valence-electron chi connectivity index (χ1n) is 14.5. The first-order valence-corrected chi connectivity index (χ1v) is 14.5. The van der Waals surface area contributed by atoms with Crippen LogP contribution in [-0.2, 0) is 22.6 Å². The minimum Gasteiger partial charge on any atom is -0.505 e. The van der Waals surface area contributed by atoms with Crippen molar-refractivity contribution in [3.63, 3.8) is 0 Å². The number of rotatable bonds is 9. The van der Waals surface area contributed by atoms with Crippen molar-refractivity contribution >= 4 is 23.1 Å². The summed E-state index contributed by atoms with van der Waals surface area (Å²) in [5, 5.41) is 11.8. The second-order valence-corrected chi connectivity index (χ2v) is 10.8. The number of ketones is 1. The highest BCUT2D eigenvalue weighted by Gasteiger charge is 2.46. The highest BCUT2D eigenvalue weighted by molar-refractivity contribution is 6.46. The lowest BCUT2D eigenvalue weighted by molar-refractivity contribution is -0.139. The third-order valence-electron chi connectivity index (χ3n) is 8.07. The normalized spacial score (nSPS) is 16.1. The van der Waals surface area contributed by atoms with E-state index < -0.39 is 17.7 Å². The Labute approximate surface area is 255 Å². The Morgan fingerprint density at radius 3 is 2.27 bits per heavy atom. The van der Waals surface area contributed by atoms with Crippen molar-refractivity contribution in [2.75, 3.05) is 13.7 Å². The molecule has 222 valence electrons. The van der Waals surface area contributed by atoms with Crippen LogP contribution in [0.3, 0.4) is 0 Å². The number of carbonyl (C=O) groups excluding carboxylic acids is 2. The fourth-order valence-corrected chi connectivity index (χ4v) is 5.73. The summed E-state index contributed by atoms with van der Waals surface area (Å²) >= 11 is 0. The number of aromatic nitrogens is 2. The number of methoxy groups -OCH3 is 1. The molecule has 1 N–H and O–H groups in total. The van der Waals surface area contributed by atoms with Gasteiger partial charge >= 0.3 is 0 Å². The predicted octanol–water partition coefficient (Wildman–Crippen LogP) is 6.20. The summed E-state index contributed by atoms with van der Waals surface area (Å²) in [6.45, 7) is 4.38. The number of amides is 1. The first-order chi connectivity index (χ1) is 21.4. The van der Waals surface area contributed by atoms with Gasteiger partial charge in [0.25, 0.3) is 11.7 Å². The van der Waals surface area contributed by atoms with Gasteiger partial charge in [0, 0.05) is 12.7 Å². The number of aryl methyl sites for hydroxylation is 2. The average molecular weight is 588 g/mol. The molecular formula is C36H33N3O5. The smallest absolute Gasteiger partial charge is 0.295 e. The molecule has 1 atom stereocenters. The van der Waals surface area contributed by atoms with Gasteiger partial charge in [-0.1, -0.05) is 72.8 Å². The highest BCUT2D eigenvalue weighted by atomic mass is 16.5. The lowest BCUT2D eigenvalue weighted by Gasteiger charge is -2.26. The van der Waals surface area contributed by atoms with Gasteiger partial charge in [0.2, 0.25) is 0 Å². The monoisotopic (exact) mass is 587 g/mol. The topological polar surface area (TPSA) is 93.4 Å². The molecule has 44 heavy (non-hydrogen) atoms. The molecule has 8 heteroatoms. The molecule has 1 fully saturated rings. The molecule has 0 bridgehead atoms. The Morgan fingerprint density at radius 2 is 1.59 bits per heavy atom. The van der Waals surface area contributed by atoms with Crippen LogP contribution in [0.5, 0.6) is 11.5 Å². The first kappa shape index (κ1) is 28.7. The Morgan fingerprint density at radius 1 is 0.886 bits per heavy atom. The van der Waals surface area contributed by atoms with Gasteiger partial charge in [0.15, 0.2) is 17.3 Å². The third-order valence-corrected chi connectivity index (χ3v) is 8.07. The number of likely N-dealkylation sites (tertiary alicyclic amines) is 1. The third kappa shape index (κ3) is 5.30. The van der Waals surface area contributed by atoms with E-state index in [0.717, 1.165) is 16.7 Å². The number of pyridine rings is 1. The fraction of sp³-hybridized carbons (Fsp3) is 0.194. The molecule has 2 aromatic heterocycles. The maximum Gasteiger partial charge on any atom is 0.295 e. The summed E-state index contributed by atoms with van der Waals surface area (Å²) in [4.78, 5) is 33.5. The molecule has 3 heterocycles. The maximum absolute atomic E-state index is 13.7. The summed E-state index contributed by atoms with van der Waals surface area (Å²) in [5.41, 5.74) is 5.16. The second kappa shape index (κ2) is 12.1. The largest absolute Gasteiger partial charge is 0.505 e. The lowest BCUT2D eigenvalue weighted by Crippen LogP contribution is -2.31. The number of fused-ring (bicyclic) bond motifs is 1. The van der Waals surface area contributed by atoms with E-state index in [1.54, 1.807) is 19.2 Å². The number of ether oxygens (including phenoxy) is 2. The van der Waals surface area contributed by atoms with Crippen LogP contribution >= 0.6 is 0 Å². The molecule has 1 amide bonds. The maximum atomic E-state index is 13.7. The van der Waals surface area contributed by atoms with Crippen LogP contribution in [0.25, 0.3) is 11.4 Å². The van der Waals surface area contributed by atoms with Crippen LogP contribution in [0.4, 0.5) is 0 Å². The Balaban J connectivity index is 1.44. The molecule has 6 rings (SSSR count). The van der Waals surface area contributed by atoms with Crippen LogP contribution in [0, 0.1) is 13.8 Å². The molecule has 1 unspecified atom stereocenters. The minimum atomic E-state index is -0.860. The van der Waals surface area contributed by atoms with E-state index in [9.17, 15) is 14.7 Å². The molecule has 3 aromatic carbocycles. The van der Waals surface area contributed by atoms with Crippen molar-refractivity contribution in [1.82, 2.24) is 14.3 Å². The van der Waals surface area contributed by atoms with Gasteiger partial charge in [-0.15, -0.1) is 0 Å². The molecule has 8 nitrogen and oxygen atoms in total. The molecule has 5 aromatic rings. The molecule has 0 radical (unpaired) electrons. The van der Waals surface area contributed by atoms with Crippen LogP contribution in [-0.4, -0.2) is 44.7 Å². The van der Waals surface area contributed by atoms with E-state index in [2.05, 4.69) is 0 Å². The molecule has 1 aliphatic rings. The highest BCUT2D eigenvalue weighted by Crippen LogP contribution is 2.42. The van der Waals surface area contributed by atoms with Crippen LogP contribution in [0.2, 0.25) is 0 Å². The number of imidazole rings is 1.